The normalized spacial score (nSPS) is 11.3. The first-order valence-electron chi connectivity index (χ1n) is 6.63. The minimum Gasteiger partial charge on any atom is -0.388 e. The molecule has 0 atom stereocenters. The lowest BCUT2D eigenvalue weighted by Crippen LogP contribution is -2.10. The third-order valence-corrected chi connectivity index (χ3v) is 3.15. The molecule has 0 amide bonds. The largest absolute Gasteiger partial charge is 0.388 e. The SMILES string of the molecule is Cc1ccc(C)c(-c2nnc(CO)n2CC(C)C)c1. The van der Waals surface area contributed by atoms with Gasteiger partial charge in [-0.05, 0) is 31.4 Å². The average molecular weight is 259 g/mol. The van der Waals surface area contributed by atoms with Gasteiger partial charge in [0.05, 0.1) is 0 Å². The fourth-order valence-corrected chi connectivity index (χ4v) is 2.19. The Morgan fingerprint density at radius 1 is 1.21 bits per heavy atom. The Hall–Kier alpha value is -1.68. The van der Waals surface area contributed by atoms with Gasteiger partial charge in [0.15, 0.2) is 11.6 Å². The number of nitrogens with zero attached hydrogens (tertiary/aromatic N) is 3. The second-order valence-corrected chi connectivity index (χ2v) is 5.42. The lowest BCUT2D eigenvalue weighted by Gasteiger charge is -2.13. The van der Waals surface area contributed by atoms with E-state index in [0.717, 1.165) is 17.9 Å². The molecule has 2 aromatic rings. The first-order valence-corrected chi connectivity index (χ1v) is 6.63. The zero-order chi connectivity index (χ0) is 14.0. The summed E-state index contributed by atoms with van der Waals surface area (Å²) in [5.74, 6) is 1.95. The fraction of sp³-hybridized carbons (Fsp3) is 0.467. The highest BCUT2D eigenvalue weighted by atomic mass is 16.3. The first-order chi connectivity index (χ1) is 9.02. The van der Waals surface area contributed by atoms with Crippen LogP contribution in [0.4, 0.5) is 0 Å². The predicted octanol–water partition coefficient (Wildman–Crippen LogP) is 2.71. The summed E-state index contributed by atoms with van der Waals surface area (Å²) in [5, 5.41) is 17.8. The number of aliphatic hydroxyl groups excluding tert-OH is 1. The summed E-state index contributed by atoms with van der Waals surface area (Å²) in [7, 11) is 0. The van der Waals surface area contributed by atoms with Crippen molar-refractivity contribution in [1.29, 1.82) is 0 Å². The van der Waals surface area contributed by atoms with Crippen LogP contribution in [0, 0.1) is 19.8 Å². The van der Waals surface area contributed by atoms with Crippen LogP contribution in [0.3, 0.4) is 0 Å². The molecule has 0 spiro atoms. The Kier molecular flexibility index (Phi) is 4.00. The van der Waals surface area contributed by atoms with Crippen LogP contribution in [0.2, 0.25) is 0 Å². The fourth-order valence-electron chi connectivity index (χ4n) is 2.19. The molecular formula is C15H21N3O. The molecular weight excluding hydrogens is 238 g/mol. The monoisotopic (exact) mass is 259 g/mol. The summed E-state index contributed by atoms with van der Waals surface area (Å²) >= 11 is 0. The van der Waals surface area contributed by atoms with Gasteiger partial charge in [0, 0.05) is 12.1 Å². The van der Waals surface area contributed by atoms with Gasteiger partial charge in [-0.15, -0.1) is 10.2 Å². The van der Waals surface area contributed by atoms with Crippen molar-refractivity contribution >= 4 is 0 Å². The van der Waals surface area contributed by atoms with E-state index in [2.05, 4.69) is 56.1 Å². The highest BCUT2D eigenvalue weighted by molar-refractivity contribution is 5.61. The number of hydrogen-bond donors (Lipinski definition) is 1. The van der Waals surface area contributed by atoms with E-state index in [9.17, 15) is 5.11 Å². The molecule has 2 rings (SSSR count). The van der Waals surface area contributed by atoms with Gasteiger partial charge in [0.2, 0.25) is 0 Å². The predicted molar refractivity (Wildman–Crippen MR) is 75.7 cm³/mol. The molecule has 0 aliphatic carbocycles. The van der Waals surface area contributed by atoms with E-state index in [-0.39, 0.29) is 6.61 Å². The van der Waals surface area contributed by atoms with Crippen LogP contribution in [-0.2, 0) is 13.2 Å². The molecule has 102 valence electrons. The van der Waals surface area contributed by atoms with Crippen LogP contribution in [0.5, 0.6) is 0 Å². The van der Waals surface area contributed by atoms with Crippen molar-refractivity contribution in [2.24, 2.45) is 5.92 Å². The molecule has 0 bridgehead atoms. The minimum atomic E-state index is -0.0788. The molecule has 0 saturated carbocycles. The van der Waals surface area contributed by atoms with E-state index < -0.39 is 0 Å². The number of aliphatic hydroxyl groups is 1. The summed E-state index contributed by atoms with van der Waals surface area (Å²) in [6.45, 7) is 9.17. The molecule has 1 heterocycles. The Bertz CT molecular complexity index is 573. The standard InChI is InChI=1S/C15H21N3O/c1-10(2)8-18-14(9-19)16-17-15(18)13-7-11(3)5-6-12(13)4/h5-7,10,19H,8-9H2,1-4H3. The number of aryl methyl sites for hydroxylation is 2. The molecule has 19 heavy (non-hydrogen) atoms. The number of aromatic nitrogens is 3. The second kappa shape index (κ2) is 5.53. The van der Waals surface area contributed by atoms with Gasteiger partial charge in [-0.25, -0.2) is 0 Å². The van der Waals surface area contributed by atoms with Gasteiger partial charge >= 0.3 is 0 Å². The zero-order valence-corrected chi connectivity index (χ0v) is 12.0. The molecule has 1 N–H and O–H groups in total. The zero-order valence-electron chi connectivity index (χ0n) is 12.0. The van der Waals surface area contributed by atoms with Crippen molar-refractivity contribution in [3.8, 4) is 11.4 Å². The van der Waals surface area contributed by atoms with Crippen LogP contribution in [-0.4, -0.2) is 19.9 Å². The summed E-state index contributed by atoms with van der Waals surface area (Å²) in [6, 6.07) is 6.31. The van der Waals surface area contributed by atoms with Gasteiger partial charge in [-0.1, -0.05) is 31.5 Å². The lowest BCUT2D eigenvalue weighted by atomic mass is 10.0. The molecule has 0 fully saturated rings. The van der Waals surface area contributed by atoms with Crippen LogP contribution in [0.15, 0.2) is 18.2 Å². The number of hydrogen-bond acceptors (Lipinski definition) is 3. The average Bonchev–Trinajstić information content (AvgIpc) is 2.74. The van der Waals surface area contributed by atoms with Crippen molar-refractivity contribution in [1.82, 2.24) is 14.8 Å². The minimum absolute atomic E-state index is 0.0788. The topological polar surface area (TPSA) is 50.9 Å². The second-order valence-electron chi connectivity index (χ2n) is 5.42. The summed E-state index contributed by atoms with van der Waals surface area (Å²) in [4.78, 5) is 0. The highest BCUT2D eigenvalue weighted by Crippen LogP contribution is 2.24. The van der Waals surface area contributed by atoms with Gasteiger partial charge in [0.25, 0.3) is 0 Å². The molecule has 0 aliphatic rings. The van der Waals surface area contributed by atoms with E-state index in [1.807, 2.05) is 4.57 Å². The van der Waals surface area contributed by atoms with Crippen molar-refractivity contribution in [2.45, 2.75) is 40.8 Å². The van der Waals surface area contributed by atoms with Crippen molar-refractivity contribution in [3.05, 3.63) is 35.2 Å². The summed E-state index contributed by atoms with van der Waals surface area (Å²) in [6.07, 6.45) is 0. The Balaban J connectivity index is 2.55. The molecule has 4 heteroatoms. The van der Waals surface area contributed by atoms with Crippen molar-refractivity contribution in [3.63, 3.8) is 0 Å². The van der Waals surface area contributed by atoms with Gasteiger partial charge in [-0.2, -0.15) is 0 Å². The van der Waals surface area contributed by atoms with E-state index in [1.165, 1.54) is 11.1 Å². The van der Waals surface area contributed by atoms with Gasteiger partial charge in [0.1, 0.15) is 6.61 Å². The van der Waals surface area contributed by atoms with E-state index in [1.54, 1.807) is 0 Å². The third-order valence-electron chi connectivity index (χ3n) is 3.15. The van der Waals surface area contributed by atoms with E-state index >= 15 is 0 Å². The van der Waals surface area contributed by atoms with Crippen LogP contribution >= 0.6 is 0 Å². The Labute approximate surface area is 114 Å². The van der Waals surface area contributed by atoms with Crippen molar-refractivity contribution in [2.75, 3.05) is 0 Å². The van der Waals surface area contributed by atoms with Crippen molar-refractivity contribution < 1.29 is 5.11 Å². The summed E-state index contributed by atoms with van der Waals surface area (Å²) in [5.41, 5.74) is 3.46. The maximum Gasteiger partial charge on any atom is 0.164 e. The molecule has 1 aromatic heterocycles. The highest BCUT2D eigenvalue weighted by Gasteiger charge is 2.15. The van der Waals surface area contributed by atoms with E-state index in [4.69, 9.17) is 0 Å². The van der Waals surface area contributed by atoms with E-state index in [0.29, 0.717) is 11.7 Å². The maximum absolute atomic E-state index is 9.39. The quantitative estimate of drug-likeness (QED) is 0.918. The Morgan fingerprint density at radius 2 is 1.95 bits per heavy atom. The number of benzene rings is 1. The Morgan fingerprint density at radius 3 is 2.58 bits per heavy atom. The van der Waals surface area contributed by atoms with Gasteiger partial charge in [-0.3, -0.25) is 0 Å². The third kappa shape index (κ3) is 2.84. The smallest absolute Gasteiger partial charge is 0.164 e. The van der Waals surface area contributed by atoms with Crippen LogP contribution < -0.4 is 0 Å². The molecule has 0 aliphatic heterocycles. The van der Waals surface area contributed by atoms with Crippen LogP contribution in [0.1, 0.15) is 30.8 Å². The molecule has 4 nitrogen and oxygen atoms in total. The first kappa shape index (κ1) is 13.7. The molecule has 0 radical (unpaired) electrons. The summed E-state index contributed by atoms with van der Waals surface area (Å²) < 4.78 is 2.02. The molecule has 0 unspecified atom stereocenters. The molecule has 0 saturated heterocycles. The van der Waals surface area contributed by atoms with Gasteiger partial charge < -0.3 is 9.67 Å². The maximum atomic E-state index is 9.39. The van der Waals surface area contributed by atoms with Crippen LogP contribution in [0.25, 0.3) is 11.4 Å². The lowest BCUT2D eigenvalue weighted by molar-refractivity contribution is 0.262. The molecule has 1 aromatic carbocycles. The number of rotatable bonds is 4.